The smallest absolute Gasteiger partial charge is 0.246 e. The third-order valence-electron chi connectivity index (χ3n) is 4.77. The van der Waals surface area contributed by atoms with Crippen LogP contribution in [-0.2, 0) is 24.4 Å². The van der Waals surface area contributed by atoms with Crippen molar-refractivity contribution in [2.75, 3.05) is 12.4 Å². The minimum absolute atomic E-state index is 0. The summed E-state index contributed by atoms with van der Waals surface area (Å²) >= 11 is 0. The van der Waals surface area contributed by atoms with Gasteiger partial charge in [0.1, 0.15) is 12.8 Å². The van der Waals surface area contributed by atoms with Crippen molar-refractivity contribution in [2.24, 2.45) is 4.99 Å². The van der Waals surface area contributed by atoms with E-state index in [1.807, 2.05) is 54.6 Å². The number of benzene rings is 2. The van der Waals surface area contributed by atoms with Gasteiger partial charge in [0.2, 0.25) is 11.8 Å². The van der Waals surface area contributed by atoms with E-state index in [2.05, 4.69) is 31.0 Å². The summed E-state index contributed by atoms with van der Waals surface area (Å²) in [6.07, 6.45) is 5.03. The van der Waals surface area contributed by atoms with Gasteiger partial charge >= 0.3 is 0 Å². The quantitative estimate of drug-likeness (QED) is 0.169. The summed E-state index contributed by atoms with van der Waals surface area (Å²) in [5.41, 5.74) is 3.44. The lowest BCUT2D eigenvalue weighted by Gasteiger charge is -2.12. The topological polar surface area (TPSA) is 109 Å². The molecule has 0 aliphatic rings. The molecule has 34 heavy (non-hydrogen) atoms. The van der Waals surface area contributed by atoms with Gasteiger partial charge in [-0.25, -0.2) is 4.98 Å². The van der Waals surface area contributed by atoms with Crippen molar-refractivity contribution in [1.29, 1.82) is 0 Å². The highest BCUT2D eigenvalue weighted by molar-refractivity contribution is 14.0. The van der Waals surface area contributed by atoms with Gasteiger partial charge in [0, 0.05) is 37.2 Å². The van der Waals surface area contributed by atoms with E-state index in [4.69, 9.17) is 4.42 Å². The second-order valence-electron chi connectivity index (χ2n) is 7.24. The number of rotatable bonds is 8. The Balaban J connectivity index is 0.00000324. The van der Waals surface area contributed by atoms with Crippen molar-refractivity contribution in [3.8, 4) is 11.5 Å². The molecule has 0 atom stereocenters. The number of carbonyl (C=O) groups is 1. The Labute approximate surface area is 214 Å². The number of hydrogen-bond donors (Lipinski definition) is 3. The van der Waals surface area contributed by atoms with Crippen LogP contribution in [0.3, 0.4) is 0 Å². The van der Waals surface area contributed by atoms with E-state index in [0.717, 1.165) is 22.5 Å². The predicted molar refractivity (Wildman–Crippen MR) is 142 cm³/mol. The van der Waals surface area contributed by atoms with Crippen molar-refractivity contribution >= 4 is 41.5 Å². The monoisotopic (exact) mass is 571 g/mol. The van der Waals surface area contributed by atoms with E-state index < -0.39 is 0 Å². The molecule has 3 N–H and O–H groups in total. The molecule has 0 aliphatic carbocycles. The Morgan fingerprint density at radius 1 is 1.06 bits per heavy atom. The SMILES string of the molecule is CN=C(NCc1cccc(NC(=O)Cn2cccn2)c1)NCc1coc(-c2ccccc2)n1.I. The van der Waals surface area contributed by atoms with Gasteiger partial charge in [-0.05, 0) is 35.9 Å². The number of aromatic nitrogens is 3. The standard InChI is InChI=1S/C24H25N7O2.HI/c1-25-24(27-15-21-17-33-23(30-21)19-8-3-2-4-9-19)26-14-18-7-5-10-20(13-18)29-22(32)16-31-12-6-11-28-31;/h2-13,17H,14-16H2,1H3,(H,29,32)(H2,25,26,27);1H. The summed E-state index contributed by atoms with van der Waals surface area (Å²) in [4.78, 5) is 21.0. The number of oxazole rings is 1. The molecule has 176 valence electrons. The second-order valence-corrected chi connectivity index (χ2v) is 7.24. The first-order valence-electron chi connectivity index (χ1n) is 10.5. The first kappa shape index (κ1) is 25.0. The maximum absolute atomic E-state index is 12.2. The summed E-state index contributed by atoms with van der Waals surface area (Å²) in [6.45, 7) is 1.18. The van der Waals surface area contributed by atoms with Crippen LogP contribution in [0.2, 0.25) is 0 Å². The molecule has 0 bridgehead atoms. The molecule has 1 amide bonds. The van der Waals surface area contributed by atoms with Gasteiger partial charge in [-0.3, -0.25) is 14.5 Å². The average molecular weight is 571 g/mol. The molecule has 4 rings (SSSR count). The van der Waals surface area contributed by atoms with Gasteiger partial charge in [-0.15, -0.1) is 24.0 Å². The van der Waals surface area contributed by atoms with E-state index in [1.165, 1.54) is 0 Å². The molecule has 0 unspecified atom stereocenters. The van der Waals surface area contributed by atoms with Crippen LogP contribution in [0.5, 0.6) is 0 Å². The first-order chi connectivity index (χ1) is 16.2. The van der Waals surface area contributed by atoms with Gasteiger partial charge in [0.15, 0.2) is 5.96 Å². The Bertz CT molecular complexity index is 1210. The molecule has 0 saturated carbocycles. The van der Waals surface area contributed by atoms with Gasteiger partial charge < -0.3 is 20.4 Å². The van der Waals surface area contributed by atoms with Crippen LogP contribution < -0.4 is 16.0 Å². The van der Waals surface area contributed by atoms with E-state index in [0.29, 0.717) is 24.9 Å². The maximum atomic E-state index is 12.2. The fourth-order valence-electron chi connectivity index (χ4n) is 3.18. The van der Waals surface area contributed by atoms with Gasteiger partial charge in [0.05, 0.1) is 12.2 Å². The Kier molecular flexibility index (Phi) is 9.21. The summed E-state index contributed by atoms with van der Waals surface area (Å²) in [6, 6.07) is 19.2. The predicted octanol–water partition coefficient (Wildman–Crippen LogP) is 3.66. The Morgan fingerprint density at radius 2 is 1.88 bits per heavy atom. The molecule has 9 nitrogen and oxygen atoms in total. The van der Waals surface area contributed by atoms with Gasteiger partial charge in [-0.1, -0.05) is 30.3 Å². The van der Waals surface area contributed by atoms with Crippen LogP contribution in [0, 0.1) is 0 Å². The number of amides is 1. The van der Waals surface area contributed by atoms with E-state index in [-0.39, 0.29) is 36.4 Å². The highest BCUT2D eigenvalue weighted by Gasteiger charge is 2.08. The summed E-state index contributed by atoms with van der Waals surface area (Å²) in [5, 5.41) is 13.4. The summed E-state index contributed by atoms with van der Waals surface area (Å²) in [5.74, 6) is 1.08. The number of halogens is 1. The van der Waals surface area contributed by atoms with E-state index in [1.54, 1.807) is 36.5 Å². The number of nitrogens with one attached hydrogen (secondary N) is 3. The van der Waals surface area contributed by atoms with Crippen LogP contribution in [-0.4, -0.2) is 33.7 Å². The van der Waals surface area contributed by atoms with E-state index >= 15 is 0 Å². The lowest BCUT2D eigenvalue weighted by molar-refractivity contribution is -0.116. The van der Waals surface area contributed by atoms with Crippen molar-refractivity contribution < 1.29 is 9.21 Å². The molecular weight excluding hydrogens is 545 g/mol. The number of anilines is 1. The number of carbonyl (C=O) groups excluding carboxylic acids is 1. The summed E-state index contributed by atoms with van der Waals surface area (Å²) < 4.78 is 7.15. The zero-order valence-electron chi connectivity index (χ0n) is 18.6. The molecule has 2 aromatic heterocycles. The Hall–Kier alpha value is -3.67. The fraction of sp³-hybridized carbons (Fsp3) is 0.167. The maximum Gasteiger partial charge on any atom is 0.246 e. The van der Waals surface area contributed by atoms with Gasteiger partial charge in [-0.2, -0.15) is 5.10 Å². The molecule has 0 aliphatic heterocycles. The number of guanidine groups is 1. The minimum atomic E-state index is -0.135. The lowest BCUT2D eigenvalue weighted by Crippen LogP contribution is -2.36. The molecule has 0 spiro atoms. The van der Waals surface area contributed by atoms with Crippen LogP contribution in [0.1, 0.15) is 11.3 Å². The van der Waals surface area contributed by atoms with Crippen molar-refractivity contribution in [3.05, 3.63) is 90.6 Å². The minimum Gasteiger partial charge on any atom is -0.444 e. The molecule has 10 heteroatoms. The van der Waals surface area contributed by atoms with Crippen molar-refractivity contribution in [3.63, 3.8) is 0 Å². The van der Waals surface area contributed by atoms with Crippen LogP contribution in [0.4, 0.5) is 5.69 Å². The molecule has 4 aromatic rings. The first-order valence-corrected chi connectivity index (χ1v) is 10.5. The lowest BCUT2D eigenvalue weighted by atomic mass is 10.2. The number of nitrogens with zero attached hydrogens (tertiary/aromatic N) is 4. The molecule has 0 radical (unpaired) electrons. The zero-order valence-corrected chi connectivity index (χ0v) is 21.0. The Morgan fingerprint density at radius 3 is 2.65 bits per heavy atom. The number of hydrogen-bond acceptors (Lipinski definition) is 5. The zero-order chi connectivity index (χ0) is 22.9. The highest BCUT2D eigenvalue weighted by atomic mass is 127. The molecule has 0 saturated heterocycles. The third-order valence-corrected chi connectivity index (χ3v) is 4.77. The van der Waals surface area contributed by atoms with Crippen LogP contribution >= 0.6 is 24.0 Å². The normalized spacial score (nSPS) is 10.9. The molecular formula is C24H26IN7O2. The average Bonchev–Trinajstić information content (AvgIpc) is 3.52. The van der Waals surface area contributed by atoms with Crippen molar-refractivity contribution in [2.45, 2.75) is 19.6 Å². The largest absolute Gasteiger partial charge is 0.444 e. The highest BCUT2D eigenvalue weighted by Crippen LogP contribution is 2.17. The molecule has 0 fully saturated rings. The van der Waals surface area contributed by atoms with Crippen LogP contribution in [0.15, 0.2) is 88.7 Å². The van der Waals surface area contributed by atoms with Crippen LogP contribution in [0.25, 0.3) is 11.5 Å². The molecule has 2 heterocycles. The second kappa shape index (κ2) is 12.5. The molecule has 2 aromatic carbocycles. The van der Waals surface area contributed by atoms with E-state index in [9.17, 15) is 4.79 Å². The number of aliphatic imine (C=N–C) groups is 1. The van der Waals surface area contributed by atoms with Gasteiger partial charge in [0.25, 0.3) is 0 Å². The fourth-order valence-corrected chi connectivity index (χ4v) is 3.18. The third kappa shape index (κ3) is 7.17. The van der Waals surface area contributed by atoms with Crippen molar-refractivity contribution in [1.82, 2.24) is 25.4 Å². The summed E-state index contributed by atoms with van der Waals surface area (Å²) in [7, 11) is 1.71.